The fraction of sp³-hybridized carbons (Fsp3) is 0.0556. The predicted octanol–water partition coefficient (Wildman–Crippen LogP) is 5.12. The first kappa shape index (κ1) is 15.9. The largest absolute Gasteiger partial charge is 0.296 e. The minimum absolute atomic E-state index is 0.297. The fourth-order valence-corrected chi connectivity index (χ4v) is 4.46. The molecule has 0 saturated heterocycles. The molecular weight excluding hydrogens is 357 g/mol. The monoisotopic (exact) mass is 369 g/mol. The fourth-order valence-electron chi connectivity index (χ4n) is 2.60. The molecule has 0 spiro atoms. The van der Waals surface area contributed by atoms with E-state index in [1.54, 1.807) is 13.0 Å². The Labute approximate surface area is 151 Å². The molecule has 2 aromatic heterocycles. The highest BCUT2D eigenvalue weighted by molar-refractivity contribution is 7.21. The van der Waals surface area contributed by atoms with Crippen LogP contribution in [0.2, 0.25) is 0 Å². The van der Waals surface area contributed by atoms with Gasteiger partial charge < -0.3 is 0 Å². The number of hydrogen-bond donors (Lipinski definition) is 1. The number of amides is 1. The quantitative estimate of drug-likeness (QED) is 0.545. The molecular formula is C18H12FN3OS2. The van der Waals surface area contributed by atoms with Gasteiger partial charge in [-0.2, -0.15) is 0 Å². The smallest absolute Gasteiger partial charge is 0.267 e. The van der Waals surface area contributed by atoms with Gasteiger partial charge in [0.05, 0.1) is 4.88 Å². The van der Waals surface area contributed by atoms with Gasteiger partial charge in [0, 0.05) is 15.6 Å². The minimum Gasteiger partial charge on any atom is -0.296 e. The summed E-state index contributed by atoms with van der Waals surface area (Å²) in [6.07, 6.45) is 0. The Morgan fingerprint density at radius 3 is 2.60 bits per heavy atom. The number of nitrogens with zero attached hydrogens (tertiary/aromatic N) is 2. The molecule has 0 radical (unpaired) electrons. The molecule has 0 bridgehead atoms. The van der Waals surface area contributed by atoms with Gasteiger partial charge in [-0.25, -0.2) is 4.39 Å². The van der Waals surface area contributed by atoms with Gasteiger partial charge in [0.25, 0.3) is 5.91 Å². The summed E-state index contributed by atoms with van der Waals surface area (Å²) in [4.78, 5) is 13.1. The van der Waals surface area contributed by atoms with E-state index >= 15 is 0 Å². The molecule has 1 amide bonds. The summed E-state index contributed by atoms with van der Waals surface area (Å²) in [7, 11) is 0. The summed E-state index contributed by atoms with van der Waals surface area (Å²) in [5.74, 6) is -0.610. The van der Waals surface area contributed by atoms with Crippen molar-refractivity contribution in [2.75, 3.05) is 5.32 Å². The number of hydrogen-bond acceptors (Lipinski definition) is 5. The van der Waals surface area contributed by atoms with Crippen molar-refractivity contribution >= 4 is 43.8 Å². The second-order valence-electron chi connectivity index (χ2n) is 5.40. The van der Waals surface area contributed by atoms with E-state index in [9.17, 15) is 9.18 Å². The lowest BCUT2D eigenvalue weighted by Crippen LogP contribution is -2.11. The van der Waals surface area contributed by atoms with E-state index in [0.29, 0.717) is 21.0 Å². The summed E-state index contributed by atoms with van der Waals surface area (Å²) < 4.78 is 14.8. The second-order valence-corrected chi connectivity index (χ2v) is 7.43. The zero-order valence-electron chi connectivity index (χ0n) is 13.1. The van der Waals surface area contributed by atoms with E-state index in [1.807, 2.05) is 36.4 Å². The summed E-state index contributed by atoms with van der Waals surface area (Å²) in [5, 5.41) is 12.5. The predicted molar refractivity (Wildman–Crippen MR) is 99.8 cm³/mol. The maximum Gasteiger partial charge on any atom is 0.267 e. The van der Waals surface area contributed by atoms with E-state index < -0.39 is 0 Å². The van der Waals surface area contributed by atoms with Gasteiger partial charge in [-0.3, -0.25) is 10.1 Å². The molecule has 0 saturated carbocycles. The van der Waals surface area contributed by atoms with E-state index in [0.717, 1.165) is 15.3 Å². The Hall–Kier alpha value is -2.64. The van der Waals surface area contributed by atoms with E-state index in [4.69, 9.17) is 0 Å². The molecule has 124 valence electrons. The third-order valence-corrected chi connectivity index (χ3v) is 5.92. The highest BCUT2D eigenvalue weighted by Crippen LogP contribution is 2.33. The highest BCUT2D eigenvalue weighted by Gasteiger charge is 2.19. The number of rotatable bonds is 3. The number of carbonyl (C=O) groups excluding carboxylic acids is 1. The van der Waals surface area contributed by atoms with Crippen LogP contribution in [0, 0.1) is 12.7 Å². The molecule has 0 aliphatic carbocycles. The number of benzene rings is 2. The first-order chi connectivity index (χ1) is 12.1. The van der Waals surface area contributed by atoms with Crippen LogP contribution in [0.5, 0.6) is 0 Å². The number of anilines is 1. The van der Waals surface area contributed by atoms with Crippen molar-refractivity contribution in [1.82, 2.24) is 10.2 Å². The topological polar surface area (TPSA) is 54.9 Å². The molecule has 2 aromatic carbocycles. The molecule has 25 heavy (non-hydrogen) atoms. The van der Waals surface area contributed by atoms with Crippen LogP contribution in [0.15, 0.2) is 48.5 Å². The average molecular weight is 369 g/mol. The molecule has 4 aromatic rings. The van der Waals surface area contributed by atoms with Gasteiger partial charge in [-0.1, -0.05) is 47.7 Å². The first-order valence-electron chi connectivity index (χ1n) is 7.51. The summed E-state index contributed by atoms with van der Waals surface area (Å²) in [6, 6.07) is 14.5. The van der Waals surface area contributed by atoms with Crippen LogP contribution in [-0.4, -0.2) is 16.1 Å². The lowest BCUT2D eigenvalue weighted by atomic mass is 10.1. The van der Waals surface area contributed by atoms with Crippen LogP contribution in [0.1, 0.15) is 15.2 Å². The first-order valence-corrected chi connectivity index (χ1v) is 9.14. The summed E-state index contributed by atoms with van der Waals surface area (Å²) in [6.45, 7) is 1.76. The van der Waals surface area contributed by atoms with Crippen molar-refractivity contribution in [3.8, 4) is 10.6 Å². The molecule has 4 nitrogen and oxygen atoms in total. The molecule has 0 aliphatic rings. The van der Waals surface area contributed by atoms with E-state index in [2.05, 4.69) is 15.5 Å². The standard InChI is InChI=1S/C18H12FN3OS2/c1-10-14-12(19)8-5-9-13(14)24-15(10)16(23)20-18-22-21-17(25-18)11-6-3-2-4-7-11/h2-9H,1H3,(H,20,22,23). The van der Waals surface area contributed by atoms with Gasteiger partial charge in [0.15, 0.2) is 0 Å². The van der Waals surface area contributed by atoms with Crippen molar-refractivity contribution in [2.24, 2.45) is 0 Å². The van der Waals surface area contributed by atoms with Crippen molar-refractivity contribution in [1.29, 1.82) is 0 Å². The summed E-state index contributed by atoms with van der Waals surface area (Å²) in [5.41, 5.74) is 1.59. The number of carbonyl (C=O) groups is 1. The number of halogens is 1. The Bertz CT molecular complexity index is 1070. The van der Waals surface area contributed by atoms with Crippen molar-refractivity contribution in [2.45, 2.75) is 6.92 Å². The third kappa shape index (κ3) is 2.92. The van der Waals surface area contributed by atoms with Crippen LogP contribution in [0.25, 0.3) is 20.7 Å². The van der Waals surface area contributed by atoms with Gasteiger partial charge in [0.2, 0.25) is 5.13 Å². The highest BCUT2D eigenvalue weighted by atomic mass is 32.1. The molecule has 0 aliphatic heterocycles. The van der Waals surface area contributed by atoms with Crippen LogP contribution < -0.4 is 5.32 Å². The number of nitrogens with one attached hydrogen (secondary N) is 1. The number of aryl methyl sites for hydroxylation is 1. The normalized spacial score (nSPS) is 11.0. The molecule has 7 heteroatoms. The molecule has 1 N–H and O–H groups in total. The maximum absolute atomic E-state index is 14.0. The van der Waals surface area contributed by atoms with Crippen LogP contribution in [0.4, 0.5) is 9.52 Å². The van der Waals surface area contributed by atoms with Crippen LogP contribution >= 0.6 is 22.7 Å². The zero-order valence-corrected chi connectivity index (χ0v) is 14.7. The van der Waals surface area contributed by atoms with Gasteiger partial charge in [-0.05, 0) is 24.6 Å². The molecule has 0 atom stereocenters. The average Bonchev–Trinajstić information content (AvgIpc) is 3.21. The van der Waals surface area contributed by atoms with Crippen molar-refractivity contribution in [3.63, 3.8) is 0 Å². The third-order valence-electron chi connectivity index (χ3n) is 3.78. The zero-order chi connectivity index (χ0) is 17.4. The Balaban J connectivity index is 1.62. The lowest BCUT2D eigenvalue weighted by molar-refractivity contribution is 0.103. The van der Waals surface area contributed by atoms with Crippen LogP contribution in [-0.2, 0) is 0 Å². The number of thiophene rings is 1. The summed E-state index contributed by atoms with van der Waals surface area (Å²) >= 11 is 2.57. The number of aromatic nitrogens is 2. The van der Waals surface area contributed by atoms with Gasteiger partial charge in [-0.15, -0.1) is 21.5 Å². The Morgan fingerprint density at radius 1 is 1.04 bits per heavy atom. The van der Waals surface area contributed by atoms with E-state index in [1.165, 1.54) is 28.7 Å². The van der Waals surface area contributed by atoms with Crippen molar-refractivity contribution in [3.05, 3.63) is 64.8 Å². The van der Waals surface area contributed by atoms with E-state index in [-0.39, 0.29) is 11.7 Å². The molecule has 0 fully saturated rings. The molecule has 4 rings (SSSR count). The van der Waals surface area contributed by atoms with Crippen molar-refractivity contribution < 1.29 is 9.18 Å². The molecule has 2 heterocycles. The Morgan fingerprint density at radius 2 is 1.84 bits per heavy atom. The maximum atomic E-state index is 14.0. The van der Waals surface area contributed by atoms with Gasteiger partial charge >= 0.3 is 0 Å². The lowest BCUT2D eigenvalue weighted by Gasteiger charge is -1.99. The van der Waals surface area contributed by atoms with Gasteiger partial charge in [0.1, 0.15) is 10.8 Å². The number of fused-ring (bicyclic) bond motifs is 1. The van der Waals surface area contributed by atoms with Crippen LogP contribution in [0.3, 0.4) is 0 Å². The minimum atomic E-state index is -0.312. The Kier molecular flexibility index (Phi) is 4.03. The SMILES string of the molecule is Cc1c(C(=O)Nc2nnc(-c3ccccc3)s2)sc2cccc(F)c12. The molecule has 0 unspecified atom stereocenters. The second kappa shape index (κ2) is 6.34.